The van der Waals surface area contributed by atoms with E-state index in [1.54, 1.807) is 0 Å². The van der Waals surface area contributed by atoms with Crippen LogP contribution in [0.4, 0.5) is 0 Å². The summed E-state index contributed by atoms with van der Waals surface area (Å²) in [5, 5.41) is 40.3. The molecule has 47 heavy (non-hydrogen) atoms. The van der Waals surface area contributed by atoms with Crippen LogP contribution < -0.4 is 0 Å². The molecule has 0 spiro atoms. The summed E-state index contributed by atoms with van der Waals surface area (Å²) in [4.78, 5) is 0. The van der Waals surface area contributed by atoms with Gasteiger partial charge in [0.25, 0.3) is 0 Å². The number of hydrogen-bond acceptors (Lipinski definition) is 4. The van der Waals surface area contributed by atoms with Crippen molar-refractivity contribution in [2.75, 3.05) is 0 Å². The van der Waals surface area contributed by atoms with Crippen molar-refractivity contribution >= 4 is 0 Å². The SMILES string of the molecule is CCCCC(CC)C(c1cc(C)c(O)c(C)c1)c1cc(C)c(O)c(C)c1.Cc1cc(C(C)(C)c2cc(C)c(O)c(C)c2)cc(C)c1O. The molecule has 0 aromatic heterocycles. The number of phenolic OH excluding ortho intramolecular Hbond substituents is 4. The van der Waals surface area contributed by atoms with Crippen LogP contribution in [0.2, 0.25) is 0 Å². The van der Waals surface area contributed by atoms with Crippen LogP contribution >= 0.6 is 0 Å². The normalized spacial score (nSPS) is 12.2. The zero-order chi connectivity index (χ0) is 35.4. The third kappa shape index (κ3) is 8.33. The van der Waals surface area contributed by atoms with Crippen LogP contribution in [0.15, 0.2) is 48.5 Å². The minimum Gasteiger partial charge on any atom is -0.507 e. The molecule has 254 valence electrons. The molecular weight excluding hydrogens is 580 g/mol. The summed E-state index contributed by atoms with van der Waals surface area (Å²) in [5.41, 5.74) is 12.0. The fourth-order valence-electron chi connectivity index (χ4n) is 6.95. The second kappa shape index (κ2) is 15.3. The molecule has 1 unspecified atom stereocenters. The minimum atomic E-state index is -0.188. The smallest absolute Gasteiger partial charge is 0.121 e. The van der Waals surface area contributed by atoms with Crippen LogP contribution in [0.5, 0.6) is 23.0 Å². The predicted octanol–water partition coefficient (Wildman–Crippen LogP) is 11.3. The monoisotopic (exact) mass is 638 g/mol. The highest BCUT2D eigenvalue weighted by Crippen LogP contribution is 2.41. The number of unbranched alkanes of at least 4 members (excludes halogenated alkanes) is 1. The Labute approximate surface area is 284 Å². The average molecular weight is 639 g/mol. The number of hydrogen-bond donors (Lipinski definition) is 4. The van der Waals surface area contributed by atoms with Gasteiger partial charge in [0.05, 0.1) is 0 Å². The molecular formula is C43H58O4. The van der Waals surface area contributed by atoms with E-state index < -0.39 is 0 Å². The number of rotatable bonds is 9. The molecule has 4 rings (SSSR count). The van der Waals surface area contributed by atoms with Gasteiger partial charge in [-0.15, -0.1) is 0 Å². The highest BCUT2D eigenvalue weighted by Gasteiger charge is 2.27. The van der Waals surface area contributed by atoms with Crippen LogP contribution in [0, 0.1) is 61.3 Å². The van der Waals surface area contributed by atoms with E-state index >= 15 is 0 Å². The van der Waals surface area contributed by atoms with Crippen LogP contribution in [0.25, 0.3) is 0 Å². The van der Waals surface area contributed by atoms with Gasteiger partial charge in [-0.05, 0) is 134 Å². The summed E-state index contributed by atoms with van der Waals surface area (Å²) in [6.07, 6.45) is 4.73. The second-order valence-corrected chi connectivity index (χ2v) is 14.3. The Kier molecular flexibility index (Phi) is 12.2. The lowest BCUT2D eigenvalue weighted by atomic mass is 9.75. The number of benzene rings is 4. The van der Waals surface area contributed by atoms with Crippen LogP contribution in [0.3, 0.4) is 0 Å². The molecule has 4 nitrogen and oxygen atoms in total. The van der Waals surface area contributed by atoms with Gasteiger partial charge in [0.15, 0.2) is 0 Å². The predicted molar refractivity (Wildman–Crippen MR) is 198 cm³/mol. The van der Waals surface area contributed by atoms with Gasteiger partial charge in [-0.25, -0.2) is 0 Å². The Hall–Kier alpha value is -3.92. The zero-order valence-corrected chi connectivity index (χ0v) is 30.9. The van der Waals surface area contributed by atoms with Gasteiger partial charge >= 0.3 is 0 Å². The van der Waals surface area contributed by atoms with Gasteiger partial charge in [0, 0.05) is 11.3 Å². The van der Waals surface area contributed by atoms with Gasteiger partial charge in [-0.1, -0.05) is 95.5 Å². The van der Waals surface area contributed by atoms with E-state index in [-0.39, 0.29) is 11.3 Å². The van der Waals surface area contributed by atoms with Crippen LogP contribution in [0.1, 0.15) is 126 Å². The molecule has 0 saturated heterocycles. The summed E-state index contributed by atoms with van der Waals surface area (Å²) in [6.45, 7) is 24.5. The lowest BCUT2D eigenvalue weighted by Gasteiger charge is -2.29. The topological polar surface area (TPSA) is 80.9 Å². The maximum Gasteiger partial charge on any atom is 0.121 e. The quantitative estimate of drug-likeness (QED) is 0.147. The molecule has 4 N–H and O–H groups in total. The fraction of sp³-hybridized carbons (Fsp3) is 0.442. The van der Waals surface area contributed by atoms with E-state index in [9.17, 15) is 20.4 Å². The lowest BCUT2D eigenvalue weighted by molar-refractivity contribution is 0.404. The molecule has 0 aliphatic rings. The van der Waals surface area contributed by atoms with Crippen molar-refractivity contribution in [1.29, 1.82) is 0 Å². The third-order valence-electron chi connectivity index (χ3n) is 10.1. The van der Waals surface area contributed by atoms with E-state index in [1.807, 2.05) is 79.7 Å². The van der Waals surface area contributed by atoms with E-state index in [0.29, 0.717) is 28.9 Å². The fourth-order valence-corrected chi connectivity index (χ4v) is 6.95. The maximum atomic E-state index is 10.2. The van der Waals surface area contributed by atoms with Crippen molar-refractivity contribution in [2.24, 2.45) is 5.92 Å². The molecule has 0 aliphatic carbocycles. The van der Waals surface area contributed by atoms with Gasteiger partial charge in [-0.2, -0.15) is 0 Å². The van der Waals surface area contributed by atoms with E-state index in [1.165, 1.54) is 41.5 Å². The number of phenols is 4. The van der Waals surface area contributed by atoms with Crippen LogP contribution in [-0.2, 0) is 5.41 Å². The van der Waals surface area contributed by atoms with Crippen molar-refractivity contribution in [3.05, 3.63) is 115 Å². The van der Waals surface area contributed by atoms with Gasteiger partial charge in [-0.3, -0.25) is 0 Å². The third-order valence-corrected chi connectivity index (χ3v) is 10.1. The molecule has 1 atom stereocenters. The number of aryl methyl sites for hydroxylation is 8. The Morgan fingerprint density at radius 2 is 0.766 bits per heavy atom. The van der Waals surface area contributed by atoms with Crippen molar-refractivity contribution in [2.45, 2.75) is 120 Å². The maximum absolute atomic E-state index is 10.2. The second-order valence-electron chi connectivity index (χ2n) is 14.3. The van der Waals surface area contributed by atoms with Crippen molar-refractivity contribution < 1.29 is 20.4 Å². The highest BCUT2D eigenvalue weighted by atomic mass is 16.3. The molecule has 4 heteroatoms. The molecule has 0 heterocycles. The molecule has 4 aromatic rings. The van der Waals surface area contributed by atoms with Crippen molar-refractivity contribution in [3.8, 4) is 23.0 Å². The first-order valence-electron chi connectivity index (χ1n) is 17.2. The largest absolute Gasteiger partial charge is 0.507 e. The standard InChI is InChI=1S/C24H34O2.C19H24O2/c1-7-9-10-19(8-2)22(20-11-15(3)23(25)16(4)12-20)21-13-17(5)24(26)18(6)14-21;1-11-7-15(8-12(2)17(11)20)19(5,6)16-9-13(3)18(21)14(4)10-16/h11-14,19,22,25-26H,7-10H2,1-6H3;7-10,20-21H,1-6H3. The molecule has 0 aliphatic heterocycles. The Morgan fingerprint density at radius 1 is 0.489 bits per heavy atom. The Bertz CT molecular complexity index is 1500. The molecule has 0 amide bonds. The molecule has 0 radical (unpaired) electrons. The van der Waals surface area contributed by atoms with Crippen molar-refractivity contribution in [3.63, 3.8) is 0 Å². The van der Waals surface area contributed by atoms with Crippen LogP contribution in [-0.4, -0.2) is 20.4 Å². The van der Waals surface area contributed by atoms with E-state index in [4.69, 9.17) is 0 Å². The van der Waals surface area contributed by atoms with Gasteiger partial charge in [0.2, 0.25) is 0 Å². The molecule has 0 bridgehead atoms. The minimum absolute atomic E-state index is 0.188. The van der Waals surface area contributed by atoms with E-state index in [2.05, 4.69) is 52.0 Å². The molecule has 0 saturated carbocycles. The summed E-state index contributed by atoms with van der Waals surface area (Å²) in [7, 11) is 0. The number of aromatic hydroxyl groups is 4. The lowest BCUT2D eigenvalue weighted by Crippen LogP contribution is -2.19. The molecule has 4 aromatic carbocycles. The summed E-state index contributed by atoms with van der Waals surface area (Å²) in [6, 6.07) is 16.7. The highest BCUT2D eigenvalue weighted by molar-refractivity contribution is 5.52. The van der Waals surface area contributed by atoms with Crippen molar-refractivity contribution in [1.82, 2.24) is 0 Å². The Morgan fingerprint density at radius 3 is 1.02 bits per heavy atom. The van der Waals surface area contributed by atoms with E-state index in [0.717, 1.165) is 50.9 Å². The first-order chi connectivity index (χ1) is 21.9. The van der Waals surface area contributed by atoms with Gasteiger partial charge < -0.3 is 20.4 Å². The summed E-state index contributed by atoms with van der Waals surface area (Å²) in [5.74, 6) is 2.35. The summed E-state index contributed by atoms with van der Waals surface area (Å²) >= 11 is 0. The first-order valence-corrected chi connectivity index (χ1v) is 17.2. The molecule has 0 fully saturated rings. The first kappa shape index (κ1) is 37.5. The average Bonchev–Trinajstić information content (AvgIpc) is 3.01. The Balaban J connectivity index is 0.000000261. The summed E-state index contributed by atoms with van der Waals surface area (Å²) < 4.78 is 0. The zero-order valence-electron chi connectivity index (χ0n) is 30.9. The van der Waals surface area contributed by atoms with Gasteiger partial charge in [0.1, 0.15) is 23.0 Å².